The van der Waals surface area contributed by atoms with Crippen molar-refractivity contribution in [2.24, 2.45) is 0 Å². The minimum Gasteiger partial charge on any atom is -0.309 e. The Kier molecular flexibility index (Phi) is 7.44. The first kappa shape index (κ1) is 29.7. The summed E-state index contributed by atoms with van der Waals surface area (Å²) in [6, 6.07) is 77.2. The van der Waals surface area contributed by atoms with E-state index in [-0.39, 0.29) is 0 Å². The Hall–Kier alpha value is -6.44. The van der Waals surface area contributed by atoms with E-state index in [0.717, 1.165) is 17.1 Å². The van der Waals surface area contributed by atoms with Gasteiger partial charge in [0, 0.05) is 16.8 Å². The van der Waals surface area contributed by atoms with Crippen molar-refractivity contribution in [1.29, 1.82) is 0 Å². The molecule has 1 aliphatic rings. The van der Waals surface area contributed by atoms with E-state index in [1.165, 1.54) is 55.6 Å². The molecule has 1 nitrogen and oxygen atoms in total. The van der Waals surface area contributed by atoms with Crippen LogP contribution in [0, 0.1) is 0 Å². The van der Waals surface area contributed by atoms with Crippen molar-refractivity contribution in [3.63, 3.8) is 0 Å². The lowest BCUT2D eigenvalue weighted by Crippen LogP contribution is -2.28. The molecule has 0 atom stereocenters. The quantitative estimate of drug-likeness (QED) is 0.168. The molecule has 9 rings (SSSR count). The number of anilines is 3. The van der Waals surface area contributed by atoms with Gasteiger partial charge in [-0.3, -0.25) is 0 Å². The molecule has 0 fully saturated rings. The van der Waals surface area contributed by atoms with Crippen molar-refractivity contribution in [3.05, 3.63) is 235 Å². The van der Waals surface area contributed by atoms with Gasteiger partial charge >= 0.3 is 0 Å². The molecular weight excluding hydrogens is 603 g/mol. The lowest BCUT2D eigenvalue weighted by molar-refractivity contribution is 0.768. The lowest BCUT2D eigenvalue weighted by Gasteiger charge is -2.34. The standard InChI is InChI=1S/C49H35N/c1-6-19-36(20-7-1)38-33-34-46(43(35-38)37-21-8-2-9-22-37)50(41-27-14-5-15-28-41)47-32-18-31-45-48(47)42-29-16-17-30-44(42)49(45,39-23-10-3-11-24-39)40-25-12-4-13-26-40/h1-35H. The molecule has 0 spiro atoms. The SMILES string of the molecule is c1ccc(-c2ccc(N(c3ccccc3)c3cccc4c3-c3ccccc3C4(c3ccccc3)c3ccccc3)c(-c3ccccc3)c2)cc1. The number of nitrogens with zero attached hydrogens (tertiary/aromatic N) is 1. The normalized spacial score (nSPS) is 12.6. The molecule has 0 saturated heterocycles. The predicted octanol–water partition coefficient (Wildman–Crippen LogP) is 12.9. The van der Waals surface area contributed by atoms with Gasteiger partial charge in [-0.1, -0.05) is 182 Å². The van der Waals surface area contributed by atoms with Gasteiger partial charge in [-0.2, -0.15) is 0 Å². The van der Waals surface area contributed by atoms with Crippen LogP contribution < -0.4 is 4.90 Å². The zero-order valence-electron chi connectivity index (χ0n) is 27.7. The Balaban J connectivity index is 1.37. The summed E-state index contributed by atoms with van der Waals surface area (Å²) in [5, 5.41) is 0. The van der Waals surface area contributed by atoms with Crippen LogP contribution in [0.2, 0.25) is 0 Å². The first-order valence-electron chi connectivity index (χ1n) is 17.3. The van der Waals surface area contributed by atoms with E-state index in [4.69, 9.17) is 0 Å². The molecule has 0 amide bonds. The van der Waals surface area contributed by atoms with Crippen molar-refractivity contribution in [1.82, 2.24) is 0 Å². The lowest BCUT2D eigenvalue weighted by atomic mass is 9.68. The largest absolute Gasteiger partial charge is 0.309 e. The fraction of sp³-hybridized carbons (Fsp3) is 0.0204. The Labute approximate surface area is 294 Å². The molecule has 236 valence electrons. The third kappa shape index (κ3) is 4.78. The molecule has 0 N–H and O–H groups in total. The van der Waals surface area contributed by atoms with Crippen LogP contribution in [0.15, 0.2) is 212 Å². The summed E-state index contributed by atoms with van der Waals surface area (Å²) in [6.45, 7) is 0. The molecule has 0 unspecified atom stereocenters. The fourth-order valence-electron chi connectivity index (χ4n) is 8.04. The van der Waals surface area contributed by atoms with E-state index >= 15 is 0 Å². The highest BCUT2D eigenvalue weighted by Gasteiger charge is 2.47. The molecule has 0 bridgehead atoms. The first-order valence-corrected chi connectivity index (χ1v) is 17.3. The highest BCUT2D eigenvalue weighted by molar-refractivity contribution is 6.00. The Morgan fingerprint density at radius 2 is 0.840 bits per heavy atom. The summed E-state index contributed by atoms with van der Waals surface area (Å²) in [7, 11) is 0. The van der Waals surface area contributed by atoms with Gasteiger partial charge in [-0.25, -0.2) is 0 Å². The third-order valence-corrected chi connectivity index (χ3v) is 10.1. The summed E-state index contributed by atoms with van der Waals surface area (Å²) >= 11 is 0. The summed E-state index contributed by atoms with van der Waals surface area (Å²) in [5.74, 6) is 0. The maximum atomic E-state index is 2.47. The monoisotopic (exact) mass is 637 g/mol. The van der Waals surface area contributed by atoms with Gasteiger partial charge in [0.2, 0.25) is 0 Å². The minimum atomic E-state index is -0.480. The number of rotatable bonds is 7. The molecule has 0 aromatic heterocycles. The van der Waals surface area contributed by atoms with E-state index in [0.29, 0.717) is 0 Å². The van der Waals surface area contributed by atoms with Crippen LogP contribution >= 0.6 is 0 Å². The number of fused-ring (bicyclic) bond motifs is 3. The third-order valence-electron chi connectivity index (χ3n) is 10.1. The number of hydrogen-bond donors (Lipinski definition) is 0. The molecule has 8 aromatic carbocycles. The van der Waals surface area contributed by atoms with Crippen LogP contribution in [0.5, 0.6) is 0 Å². The maximum Gasteiger partial charge on any atom is 0.0714 e. The molecule has 50 heavy (non-hydrogen) atoms. The molecule has 1 heteroatoms. The maximum absolute atomic E-state index is 2.47. The highest BCUT2D eigenvalue weighted by atomic mass is 15.1. The molecule has 0 heterocycles. The van der Waals surface area contributed by atoms with Crippen LogP contribution in [0.1, 0.15) is 22.3 Å². The Morgan fingerprint density at radius 3 is 1.48 bits per heavy atom. The van der Waals surface area contributed by atoms with E-state index in [9.17, 15) is 0 Å². The number of hydrogen-bond acceptors (Lipinski definition) is 1. The number of para-hydroxylation sites is 1. The predicted molar refractivity (Wildman–Crippen MR) is 209 cm³/mol. The topological polar surface area (TPSA) is 3.24 Å². The van der Waals surface area contributed by atoms with Gasteiger partial charge in [0.05, 0.1) is 16.8 Å². The van der Waals surface area contributed by atoms with Gasteiger partial charge in [0.1, 0.15) is 0 Å². The fourth-order valence-corrected chi connectivity index (χ4v) is 8.04. The average Bonchev–Trinajstić information content (AvgIpc) is 3.52. The highest BCUT2D eigenvalue weighted by Crippen LogP contribution is 2.59. The zero-order chi connectivity index (χ0) is 33.3. The molecular formula is C49H35N. The van der Waals surface area contributed by atoms with E-state index < -0.39 is 5.41 Å². The number of benzene rings is 8. The smallest absolute Gasteiger partial charge is 0.0714 e. The van der Waals surface area contributed by atoms with Crippen LogP contribution in [-0.4, -0.2) is 0 Å². The molecule has 0 saturated carbocycles. The van der Waals surface area contributed by atoms with Crippen LogP contribution in [0.25, 0.3) is 33.4 Å². The summed E-state index contributed by atoms with van der Waals surface area (Å²) < 4.78 is 0. The van der Waals surface area contributed by atoms with Crippen LogP contribution in [-0.2, 0) is 5.41 Å². The second-order valence-electron chi connectivity index (χ2n) is 12.9. The van der Waals surface area contributed by atoms with Crippen LogP contribution in [0.4, 0.5) is 17.1 Å². The van der Waals surface area contributed by atoms with Gasteiger partial charge in [0.25, 0.3) is 0 Å². The van der Waals surface area contributed by atoms with Crippen molar-refractivity contribution in [2.75, 3.05) is 4.90 Å². The van der Waals surface area contributed by atoms with E-state index in [1.54, 1.807) is 0 Å². The molecule has 0 aliphatic heterocycles. The summed E-state index contributed by atoms with van der Waals surface area (Å²) in [4.78, 5) is 2.47. The average molecular weight is 638 g/mol. The van der Waals surface area contributed by atoms with Crippen molar-refractivity contribution in [3.8, 4) is 33.4 Å². The first-order chi connectivity index (χ1) is 24.8. The van der Waals surface area contributed by atoms with Crippen molar-refractivity contribution in [2.45, 2.75) is 5.41 Å². The summed E-state index contributed by atoms with van der Waals surface area (Å²) in [5.41, 5.74) is 15.3. The van der Waals surface area contributed by atoms with Crippen molar-refractivity contribution >= 4 is 17.1 Å². The minimum absolute atomic E-state index is 0.480. The van der Waals surface area contributed by atoms with Gasteiger partial charge < -0.3 is 4.90 Å². The summed E-state index contributed by atoms with van der Waals surface area (Å²) in [6.07, 6.45) is 0. The molecule has 0 radical (unpaired) electrons. The Morgan fingerprint density at radius 1 is 0.320 bits per heavy atom. The second-order valence-corrected chi connectivity index (χ2v) is 12.9. The molecule has 8 aromatic rings. The van der Waals surface area contributed by atoms with E-state index in [1.807, 2.05) is 0 Å². The van der Waals surface area contributed by atoms with Gasteiger partial charge in [0.15, 0.2) is 0 Å². The van der Waals surface area contributed by atoms with Gasteiger partial charge in [-0.15, -0.1) is 0 Å². The van der Waals surface area contributed by atoms with E-state index in [2.05, 4.69) is 217 Å². The van der Waals surface area contributed by atoms with Gasteiger partial charge in [-0.05, 0) is 74.8 Å². The van der Waals surface area contributed by atoms with Crippen molar-refractivity contribution < 1.29 is 0 Å². The van der Waals surface area contributed by atoms with Crippen LogP contribution in [0.3, 0.4) is 0 Å². The molecule has 1 aliphatic carbocycles. The second kappa shape index (κ2) is 12.5. The Bertz CT molecular complexity index is 2360. The zero-order valence-corrected chi connectivity index (χ0v) is 27.7.